The SMILES string of the molecule is N#CC(COCCOC(c1ccccc1)(c1ccccc1)c1ccccc1)COC(N)=O. The number of nitriles is 1. The predicted octanol–water partition coefficient (Wildman–Crippen LogP) is 4.25. The van der Waals surface area contributed by atoms with Crippen molar-refractivity contribution in [1.82, 2.24) is 0 Å². The van der Waals surface area contributed by atoms with E-state index in [9.17, 15) is 10.1 Å². The standard InChI is InChI=1S/C26H26N2O4/c27-18-21(20-31-25(28)29)19-30-16-17-32-26(22-10-4-1-5-11-22,23-12-6-2-7-13-23)24-14-8-3-9-15-24/h1-15,21H,16-17,19-20H2,(H2,28,29). The van der Waals surface area contributed by atoms with Crippen molar-refractivity contribution in [1.29, 1.82) is 5.26 Å². The number of carbonyl (C=O) groups is 1. The van der Waals surface area contributed by atoms with Crippen LogP contribution in [0.3, 0.4) is 0 Å². The van der Waals surface area contributed by atoms with E-state index in [4.69, 9.17) is 15.2 Å². The van der Waals surface area contributed by atoms with Crippen LogP contribution in [0.2, 0.25) is 0 Å². The first-order valence-corrected chi connectivity index (χ1v) is 10.4. The number of amides is 1. The molecule has 0 saturated carbocycles. The molecule has 1 atom stereocenters. The molecule has 32 heavy (non-hydrogen) atoms. The Kier molecular flexibility index (Phi) is 8.38. The van der Waals surface area contributed by atoms with Gasteiger partial charge >= 0.3 is 6.09 Å². The smallest absolute Gasteiger partial charge is 0.404 e. The van der Waals surface area contributed by atoms with Crippen LogP contribution in [0.1, 0.15) is 16.7 Å². The van der Waals surface area contributed by atoms with Crippen LogP contribution in [-0.4, -0.2) is 32.5 Å². The summed E-state index contributed by atoms with van der Waals surface area (Å²) in [5.74, 6) is -0.593. The maximum Gasteiger partial charge on any atom is 0.404 e. The molecule has 1 unspecified atom stereocenters. The molecule has 0 aliphatic heterocycles. The summed E-state index contributed by atoms with van der Waals surface area (Å²) in [5.41, 5.74) is 7.14. The van der Waals surface area contributed by atoms with Crippen LogP contribution in [0.25, 0.3) is 0 Å². The minimum Gasteiger partial charge on any atom is -0.448 e. The molecule has 6 nitrogen and oxygen atoms in total. The summed E-state index contributed by atoms with van der Waals surface area (Å²) in [6.07, 6.45) is -0.910. The first kappa shape index (κ1) is 23.0. The number of hydrogen-bond acceptors (Lipinski definition) is 5. The third-order valence-electron chi connectivity index (χ3n) is 5.02. The molecular weight excluding hydrogens is 404 g/mol. The van der Waals surface area contributed by atoms with Crippen molar-refractivity contribution in [3.05, 3.63) is 108 Å². The predicted molar refractivity (Wildman–Crippen MR) is 121 cm³/mol. The average molecular weight is 431 g/mol. The lowest BCUT2D eigenvalue weighted by molar-refractivity contribution is -0.0290. The Hall–Kier alpha value is -3.66. The maximum absolute atomic E-state index is 10.7. The second-order valence-corrected chi connectivity index (χ2v) is 7.16. The monoisotopic (exact) mass is 430 g/mol. The van der Waals surface area contributed by atoms with Crippen molar-refractivity contribution in [2.24, 2.45) is 11.7 Å². The van der Waals surface area contributed by atoms with Crippen molar-refractivity contribution in [3.63, 3.8) is 0 Å². The van der Waals surface area contributed by atoms with Crippen LogP contribution < -0.4 is 5.73 Å². The molecule has 0 aliphatic carbocycles. The molecule has 0 fully saturated rings. The summed E-state index contributed by atoms with van der Waals surface area (Å²) in [6.45, 7) is 0.563. The summed E-state index contributed by atoms with van der Waals surface area (Å²) >= 11 is 0. The van der Waals surface area contributed by atoms with E-state index in [2.05, 4.69) is 4.74 Å². The lowest BCUT2D eigenvalue weighted by atomic mass is 9.80. The molecule has 3 aromatic rings. The van der Waals surface area contributed by atoms with Crippen LogP contribution in [0.15, 0.2) is 91.0 Å². The largest absolute Gasteiger partial charge is 0.448 e. The highest BCUT2D eigenvalue weighted by molar-refractivity contribution is 5.64. The average Bonchev–Trinajstić information content (AvgIpc) is 2.85. The fourth-order valence-corrected chi connectivity index (χ4v) is 3.55. The summed E-state index contributed by atoms with van der Waals surface area (Å²) in [4.78, 5) is 10.7. The number of hydrogen-bond donors (Lipinski definition) is 1. The topological polar surface area (TPSA) is 94.6 Å². The van der Waals surface area contributed by atoms with Gasteiger partial charge in [-0.3, -0.25) is 0 Å². The van der Waals surface area contributed by atoms with Crippen molar-refractivity contribution in [2.45, 2.75) is 5.60 Å². The first-order valence-electron chi connectivity index (χ1n) is 10.4. The van der Waals surface area contributed by atoms with Gasteiger partial charge < -0.3 is 19.9 Å². The van der Waals surface area contributed by atoms with Gasteiger partial charge in [-0.05, 0) is 16.7 Å². The fourth-order valence-electron chi connectivity index (χ4n) is 3.55. The highest BCUT2D eigenvalue weighted by Crippen LogP contribution is 2.40. The van der Waals surface area contributed by atoms with Gasteiger partial charge in [0, 0.05) is 0 Å². The molecule has 0 spiro atoms. The highest BCUT2D eigenvalue weighted by atomic mass is 16.6. The second kappa shape index (κ2) is 11.7. The Balaban J connectivity index is 1.80. The molecule has 6 heteroatoms. The molecule has 164 valence electrons. The van der Waals surface area contributed by atoms with Crippen molar-refractivity contribution >= 4 is 6.09 Å². The quantitative estimate of drug-likeness (QED) is 0.363. The lowest BCUT2D eigenvalue weighted by Gasteiger charge is -2.36. The van der Waals surface area contributed by atoms with Crippen LogP contribution in [0, 0.1) is 17.2 Å². The summed E-state index contributed by atoms with van der Waals surface area (Å²) in [6, 6.07) is 32.2. The molecule has 3 rings (SSSR count). The van der Waals surface area contributed by atoms with E-state index in [0.717, 1.165) is 16.7 Å². The number of rotatable bonds is 11. The zero-order valence-electron chi connectivity index (χ0n) is 17.7. The molecular formula is C26H26N2O4. The molecule has 0 aliphatic rings. The lowest BCUT2D eigenvalue weighted by Crippen LogP contribution is -2.34. The Bertz CT molecular complexity index is 908. The first-order chi connectivity index (χ1) is 15.7. The van der Waals surface area contributed by atoms with Crippen LogP contribution in [0.4, 0.5) is 4.79 Å². The Labute approximate surface area is 188 Å². The van der Waals surface area contributed by atoms with E-state index in [1.165, 1.54) is 0 Å². The number of primary amides is 1. The van der Waals surface area contributed by atoms with E-state index in [1.807, 2.05) is 97.1 Å². The van der Waals surface area contributed by atoms with Crippen LogP contribution >= 0.6 is 0 Å². The minimum absolute atomic E-state index is 0.103. The summed E-state index contributed by atoms with van der Waals surface area (Å²) in [7, 11) is 0. The summed E-state index contributed by atoms with van der Waals surface area (Å²) in [5, 5.41) is 9.18. The Morgan fingerprint density at radius 2 is 1.28 bits per heavy atom. The minimum atomic E-state index is -0.910. The van der Waals surface area contributed by atoms with E-state index in [0.29, 0.717) is 0 Å². The molecule has 3 aromatic carbocycles. The summed E-state index contributed by atoms with van der Waals surface area (Å²) < 4.78 is 16.9. The number of nitrogens with two attached hydrogens (primary N) is 1. The second-order valence-electron chi connectivity index (χ2n) is 7.16. The normalized spacial score (nSPS) is 12.0. The molecule has 1 amide bonds. The van der Waals surface area contributed by atoms with Gasteiger partial charge in [-0.25, -0.2) is 4.79 Å². The zero-order valence-corrected chi connectivity index (χ0v) is 17.7. The van der Waals surface area contributed by atoms with E-state index < -0.39 is 17.6 Å². The van der Waals surface area contributed by atoms with Gasteiger partial charge in [0.2, 0.25) is 0 Å². The Morgan fingerprint density at radius 1 is 0.812 bits per heavy atom. The molecule has 0 aromatic heterocycles. The number of benzene rings is 3. The number of nitrogens with zero attached hydrogens (tertiary/aromatic N) is 1. The van der Waals surface area contributed by atoms with E-state index in [-0.39, 0.29) is 26.4 Å². The maximum atomic E-state index is 10.7. The van der Waals surface area contributed by atoms with Crippen molar-refractivity contribution in [2.75, 3.05) is 26.4 Å². The highest BCUT2D eigenvalue weighted by Gasteiger charge is 2.37. The molecule has 0 heterocycles. The number of carbonyl (C=O) groups excluding carboxylic acids is 1. The van der Waals surface area contributed by atoms with Crippen LogP contribution in [0.5, 0.6) is 0 Å². The number of ether oxygens (including phenoxy) is 3. The van der Waals surface area contributed by atoms with E-state index in [1.54, 1.807) is 0 Å². The Morgan fingerprint density at radius 3 is 1.69 bits per heavy atom. The third kappa shape index (κ3) is 5.73. The van der Waals surface area contributed by atoms with Gasteiger partial charge in [0.1, 0.15) is 18.1 Å². The van der Waals surface area contributed by atoms with E-state index >= 15 is 0 Å². The van der Waals surface area contributed by atoms with Gasteiger partial charge in [-0.2, -0.15) is 5.26 Å². The van der Waals surface area contributed by atoms with Gasteiger partial charge in [-0.1, -0.05) is 91.0 Å². The van der Waals surface area contributed by atoms with Crippen molar-refractivity contribution < 1.29 is 19.0 Å². The fraction of sp³-hybridized carbons (Fsp3) is 0.231. The van der Waals surface area contributed by atoms with Gasteiger partial charge in [0.05, 0.1) is 25.9 Å². The molecule has 0 saturated heterocycles. The van der Waals surface area contributed by atoms with Crippen molar-refractivity contribution in [3.8, 4) is 6.07 Å². The van der Waals surface area contributed by atoms with Crippen LogP contribution in [-0.2, 0) is 19.8 Å². The molecule has 0 radical (unpaired) electrons. The molecule has 0 bridgehead atoms. The molecule has 2 N–H and O–H groups in total. The van der Waals surface area contributed by atoms with Gasteiger partial charge in [0.15, 0.2) is 0 Å². The van der Waals surface area contributed by atoms with Gasteiger partial charge in [-0.15, -0.1) is 0 Å². The third-order valence-corrected chi connectivity index (χ3v) is 5.02. The van der Waals surface area contributed by atoms with Gasteiger partial charge in [0.25, 0.3) is 0 Å². The zero-order chi connectivity index (χ0) is 22.7.